The van der Waals surface area contributed by atoms with Crippen LogP contribution in [0.15, 0.2) is 180 Å². The molecule has 106 heavy (non-hydrogen) atoms. The highest BCUT2D eigenvalue weighted by Gasteiger charge is 2.46. The number of aromatic nitrogens is 2. The molecule has 6 aromatic carbocycles. The first-order valence-corrected chi connectivity index (χ1v) is 36.3. The average molecular weight is 1510 g/mol. The normalized spacial score (nSPS) is 17.3. The van der Waals surface area contributed by atoms with E-state index in [1.807, 2.05) is 0 Å². The number of hydrogen-bond acceptors (Lipinski definition) is 21. The fraction of sp³-hybridized carbons (Fsp3) is 0.301. The van der Waals surface area contributed by atoms with E-state index in [1.54, 1.807) is 135 Å². The molecule has 0 bridgehead atoms. The third-order valence-electron chi connectivity index (χ3n) is 17.2. The number of rotatable bonds is 32. The first-order chi connectivity index (χ1) is 51.1. The molecule has 6 heterocycles. The summed E-state index contributed by atoms with van der Waals surface area (Å²) in [5.41, 5.74) is -3.24. The Morgan fingerprint density at radius 3 is 1.16 bits per heavy atom. The van der Waals surface area contributed by atoms with Crippen LogP contribution in [0, 0.1) is 23.3 Å². The van der Waals surface area contributed by atoms with E-state index < -0.39 is 190 Å². The molecular weight excluding hydrogens is 1430 g/mol. The highest BCUT2D eigenvalue weighted by Crippen LogP contribution is 2.52. The second-order valence-corrected chi connectivity index (χ2v) is 28.0. The molecule has 0 spiro atoms. The van der Waals surface area contributed by atoms with Gasteiger partial charge in [-0.05, 0) is 48.2 Å². The van der Waals surface area contributed by atoms with Gasteiger partial charge < -0.3 is 58.0 Å². The Hall–Kier alpha value is -10.2. The highest BCUT2D eigenvalue weighted by atomic mass is 31.2. The van der Waals surface area contributed by atoms with Crippen molar-refractivity contribution >= 4 is 45.4 Å². The van der Waals surface area contributed by atoms with Crippen molar-refractivity contribution < 1.29 is 106 Å². The summed E-state index contributed by atoms with van der Waals surface area (Å²) in [6.45, 7) is -1.13. The maximum atomic E-state index is 15.1. The van der Waals surface area contributed by atoms with Gasteiger partial charge >= 0.3 is 21.8 Å². The lowest BCUT2D eigenvalue weighted by Gasteiger charge is -2.35. The van der Waals surface area contributed by atoms with Gasteiger partial charge in [-0.2, -0.15) is 0 Å². The summed E-state index contributed by atoms with van der Waals surface area (Å²) in [7, 11) is -9.43. The molecular formula is C73H70F4N6O21P2. The Bertz CT molecular complexity index is 4370. The summed E-state index contributed by atoms with van der Waals surface area (Å²) >= 11 is 0. The Morgan fingerprint density at radius 2 is 0.830 bits per heavy atom. The largest absolute Gasteiger partial charge is 0.514 e. The fourth-order valence-electron chi connectivity index (χ4n) is 11.8. The molecule has 4 aliphatic heterocycles. The monoisotopic (exact) mass is 1500 g/mol. The molecule has 2 saturated heterocycles. The number of halogens is 4. The molecule has 2 aromatic heterocycles. The van der Waals surface area contributed by atoms with E-state index in [0.29, 0.717) is 34.4 Å². The number of nitrogens with one attached hydrogen (secondary N) is 2. The first kappa shape index (κ1) is 75.5. The number of ether oxygens (including phenoxy) is 6. The topological polar surface area (TPSA) is 305 Å². The third-order valence-corrected chi connectivity index (χ3v) is 20.0. The number of fused-ring (bicyclic) bond motifs is 4. The number of hydrogen-bond donors (Lipinski definition) is 2. The standard InChI is InChI=1S/C73H70F4N6O21P2/c1-45-39-93-59-37-80-35-55(69(86)78-33-51-23-25-53(74)31-57(51)76)65(84)67(63(80)71(88)82(45)59)101-61(27-29-95-105(91,97-41-47-15-7-3-8-16-47)98-42-48-17-9-4-10-18-48)103-73(90)104-62(28-30-96-106(92,99-43-49-19-11-5-12-20-49)100-44-50-21-13-6-14-22-50)102-68-64-72(89)83-46(2)40-94-60(83)38-81(64)36-56(66(68)85)70(87)79-34-52-24-26-54(75)32-58(52)77/h3-26,31-32,35-36,45-46,59-62H,27-30,33-34,37-44H2,1-2H3,(H,78,86)(H,79,87)/t45-,46-,59+,60+,61?,62?/m0/s1. The van der Waals surface area contributed by atoms with E-state index in [9.17, 15) is 45.9 Å². The summed E-state index contributed by atoms with van der Waals surface area (Å²) in [4.78, 5) is 106. The predicted octanol–water partition coefficient (Wildman–Crippen LogP) is 11.0. The van der Waals surface area contributed by atoms with Crippen LogP contribution in [-0.4, -0.2) is 112 Å². The minimum Gasteiger partial charge on any atom is -0.448 e. The van der Waals surface area contributed by atoms with Crippen molar-refractivity contribution in [3.05, 3.63) is 270 Å². The number of pyridine rings is 2. The Balaban J connectivity index is 0.914. The third kappa shape index (κ3) is 18.4. The molecule has 27 nitrogen and oxygen atoms in total. The highest BCUT2D eigenvalue weighted by molar-refractivity contribution is 7.48. The maximum absolute atomic E-state index is 15.1. The van der Waals surface area contributed by atoms with E-state index >= 15 is 14.4 Å². The minimum absolute atomic E-state index is 0.0366. The smallest absolute Gasteiger partial charge is 0.448 e. The van der Waals surface area contributed by atoms with Gasteiger partial charge in [-0.3, -0.25) is 55.9 Å². The van der Waals surface area contributed by atoms with Crippen LogP contribution in [0.25, 0.3) is 0 Å². The van der Waals surface area contributed by atoms with E-state index in [4.69, 9.17) is 55.6 Å². The van der Waals surface area contributed by atoms with Gasteiger partial charge in [0.05, 0.1) is 78.0 Å². The Labute approximate surface area is 602 Å². The quantitative estimate of drug-likeness (QED) is 0.0171. The van der Waals surface area contributed by atoms with Crippen LogP contribution in [0.1, 0.15) is 102 Å². The molecule has 6 atom stereocenters. The van der Waals surface area contributed by atoms with Gasteiger partial charge in [-0.25, -0.2) is 31.5 Å². The zero-order valence-corrected chi connectivity index (χ0v) is 58.6. The average Bonchev–Trinajstić information content (AvgIpc) is 1.29. The molecule has 12 rings (SSSR count). The van der Waals surface area contributed by atoms with Gasteiger partial charge in [0, 0.05) is 61.6 Å². The summed E-state index contributed by atoms with van der Waals surface area (Å²) in [6.07, 6.45) is -7.75. The number of amides is 4. The molecule has 2 N–H and O–H groups in total. The van der Waals surface area contributed by atoms with Gasteiger partial charge in [0.15, 0.2) is 23.8 Å². The van der Waals surface area contributed by atoms with Crippen LogP contribution in [-0.2, 0) is 108 Å². The van der Waals surface area contributed by atoms with Crippen LogP contribution in [0.4, 0.5) is 22.4 Å². The van der Waals surface area contributed by atoms with Crippen LogP contribution in [0.3, 0.4) is 0 Å². The molecule has 33 heteroatoms. The fourth-order valence-corrected chi connectivity index (χ4v) is 14.1. The Morgan fingerprint density at radius 1 is 0.491 bits per heavy atom. The molecule has 0 saturated carbocycles. The van der Waals surface area contributed by atoms with Crippen molar-refractivity contribution in [2.75, 3.05) is 26.4 Å². The molecule has 8 aromatic rings. The summed E-state index contributed by atoms with van der Waals surface area (Å²) in [5.74, 6) is -9.76. The van der Waals surface area contributed by atoms with Crippen molar-refractivity contribution in [2.45, 2.75) is 116 Å². The van der Waals surface area contributed by atoms with Crippen LogP contribution in [0.2, 0.25) is 0 Å². The van der Waals surface area contributed by atoms with Crippen molar-refractivity contribution in [3.8, 4) is 11.5 Å². The number of phosphoric acid groups is 2. The predicted molar refractivity (Wildman–Crippen MR) is 365 cm³/mol. The molecule has 2 fully saturated rings. The van der Waals surface area contributed by atoms with E-state index in [-0.39, 0.29) is 63.9 Å². The lowest BCUT2D eigenvalue weighted by Crippen LogP contribution is -2.49. The molecule has 4 amide bonds. The zero-order chi connectivity index (χ0) is 74.7. The second kappa shape index (κ2) is 33.9. The first-order valence-electron chi connectivity index (χ1n) is 33.4. The summed E-state index contributed by atoms with van der Waals surface area (Å²) < 4.78 is 161. The van der Waals surface area contributed by atoms with Gasteiger partial charge in [0.25, 0.3) is 23.6 Å². The van der Waals surface area contributed by atoms with Crippen molar-refractivity contribution in [1.29, 1.82) is 0 Å². The van der Waals surface area contributed by atoms with Gasteiger partial charge in [0.2, 0.25) is 34.9 Å². The van der Waals surface area contributed by atoms with Crippen LogP contribution < -0.4 is 31.0 Å². The number of benzene rings is 6. The zero-order valence-electron chi connectivity index (χ0n) is 56.8. The number of carbonyl (C=O) groups excluding carboxylic acids is 5. The van der Waals surface area contributed by atoms with Crippen molar-refractivity contribution in [2.24, 2.45) is 0 Å². The van der Waals surface area contributed by atoms with Crippen molar-refractivity contribution in [1.82, 2.24) is 29.6 Å². The van der Waals surface area contributed by atoms with Gasteiger partial charge in [-0.1, -0.05) is 133 Å². The Kier molecular flexibility index (Phi) is 24.2. The molecule has 0 aliphatic carbocycles. The maximum Gasteiger partial charge on any atom is 0.514 e. The minimum atomic E-state index is -4.72. The summed E-state index contributed by atoms with van der Waals surface area (Å²) in [6, 6.07) is 38.0. The van der Waals surface area contributed by atoms with Crippen LogP contribution in [0.5, 0.6) is 11.5 Å². The van der Waals surface area contributed by atoms with Gasteiger partial charge in [-0.15, -0.1) is 0 Å². The molecule has 4 aliphatic rings. The van der Waals surface area contributed by atoms with Crippen LogP contribution >= 0.6 is 15.6 Å². The van der Waals surface area contributed by atoms with E-state index in [1.165, 1.54) is 18.9 Å². The van der Waals surface area contributed by atoms with E-state index in [2.05, 4.69) is 10.6 Å². The molecule has 0 radical (unpaired) electrons. The lowest BCUT2D eigenvalue weighted by molar-refractivity contribution is -0.118. The molecule has 556 valence electrons. The number of phosphoric ester groups is 2. The summed E-state index contributed by atoms with van der Waals surface area (Å²) in [5, 5.41) is 4.84. The number of nitrogens with zero attached hydrogens (tertiary/aromatic N) is 4. The number of carbonyl (C=O) groups is 5. The van der Waals surface area contributed by atoms with Gasteiger partial charge in [0.1, 0.15) is 34.4 Å². The lowest BCUT2D eigenvalue weighted by atomic mass is 10.1. The molecule has 2 unspecified atom stereocenters. The second-order valence-electron chi connectivity index (χ2n) is 24.7. The van der Waals surface area contributed by atoms with Crippen molar-refractivity contribution in [3.63, 3.8) is 0 Å². The SMILES string of the molecule is C[C@H]1CO[C@@H]2Cn3cc(C(=O)NCc4ccc(F)cc4F)c(=O)c(OC(CCOP(=O)(OCc4ccccc4)OCc4ccccc4)OC(=O)OC(CCOP(=O)(OCc4ccccc4)OCc4ccccc4)Oc4c5n(cc(C(=O)NCc6ccc(F)cc6F)c4=O)C[C@H]4OC[C@H](C)N4C5=O)c3C(=O)N12. The van der Waals surface area contributed by atoms with E-state index in [0.717, 1.165) is 36.7 Å².